The Bertz CT molecular complexity index is 380. The van der Waals surface area contributed by atoms with Crippen LogP contribution in [-0.4, -0.2) is 10.7 Å². The van der Waals surface area contributed by atoms with Gasteiger partial charge in [-0.25, -0.2) is 0 Å². The third kappa shape index (κ3) is 1.76. The van der Waals surface area contributed by atoms with E-state index in [1.54, 1.807) is 0 Å². The molecule has 1 aromatic carbocycles. The highest BCUT2D eigenvalue weighted by Crippen LogP contribution is 2.22. The highest BCUT2D eigenvalue weighted by molar-refractivity contribution is 5.96. The number of Topliss-reactive ketones (excluding diaryl/α,β-unsaturated/α-hetero) is 1. The summed E-state index contributed by atoms with van der Waals surface area (Å²) in [5, 5.41) is 10.4. The molecule has 0 aromatic heterocycles. The minimum absolute atomic E-state index is 0.179. The minimum atomic E-state index is -0.919. The third-order valence-electron chi connectivity index (χ3n) is 1.87. The first-order chi connectivity index (χ1) is 6.43. The number of hydrogen-bond acceptors (Lipinski definition) is 3. The summed E-state index contributed by atoms with van der Waals surface area (Å²) in [5.74, 6) is -1.23. The SMILES string of the molecule is CC(=O)c1cc([N+](=O)[O-])c(F)cc1C. The van der Waals surface area contributed by atoms with Gasteiger partial charge >= 0.3 is 5.69 Å². The lowest BCUT2D eigenvalue weighted by atomic mass is 10.0. The molecule has 5 heteroatoms. The zero-order valence-corrected chi connectivity index (χ0v) is 7.70. The Morgan fingerprint density at radius 2 is 2.07 bits per heavy atom. The van der Waals surface area contributed by atoms with Gasteiger partial charge in [-0.3, -0.25) is 14.9 Å². The van der Waals surface area contributed by atoms with Crippen LogP contribution in [0.1, 0.15) is 22.8 Å². The van der Waals surface area contributed by atoms with Crippen molar-refractivity contribution >= 4 is 11.5 Å². The number of rotatable bonds is 2. The number of carbonyl (C=O) groups is 1. The molecule has 0 saturated heterocycles. The Hall–Kier alpha value is -1.78. The predicted molar refractivity (Wildman–Crippen MR) is 47.8 cm³/mol. The number of nitrogens with zero attached hydrogens (tertiary/aromatic N) is 1. The first-order valence-electron chi connectivity index (χ1n) is 3.89. The van der Waals surface area contributed by atoms with Gasteiger partial charge < -0.3 is 0 Å². The second-order valence-electron chi connectivity index (χ2n) is 2.93. The summed E-state index contributed by atoms with van der Waals surface area (Å²) in [4.78, 5) is 20.5. The Labute approximate surface area is 79.5 Å². The van der Waals surface area contributed by atoms with Gasteiger partial charge in [-0.2, -0.15) is 4.39 Å². The van der Waals surface area contributed by atoms with Crippen LogP contribution in [0.15, 0.2) is 12.1 Å². The van der Waals surface area contributed by atoms with Crippen molar-refractivity contribution in [1.29, 1.82) is 0 Å². The maximum atomic E-state index is 13.0. The molecular weight excluding hydrogens is 189 g/mol. The molecule has 0 amide bonds. The van der Waals surface area contributed by atoms with E-state index >= 15 is 0 Å². The highest BCUT2D eigenvalue weighted by Gasteiger charge is 2.18. The largest absolute Gasteiger partial charge is 0.305 e. The van der Waals surface area contributed by atoms with Crippen LogP contribution in [-0.2, 0) is 0 Å². The summed E-state index contributed by atoms with van der Waals surface area (Å²) < 4.78 is 13.0. The molecule has 0 atom stereocenters. The number of hydrogen-bond donors (Lipinski definition) is 0. The minimum Gasteiger partial charge on any atom is -0.294 e. The molecule has 0 radical (unpaired) electrons. The van der Waals surface area contributed by atoms with E-state index in [0.29, 0.717) is 5.56 Å². The van der Waals surface area contributed by atoms with Crippen molar-refractivity contribution in [3.8, 4) is 0 Å². The van der Waals surface area contributed by atoms with Crippen molar-refractivity contribution in [1.82, 2.24) is 0 Å². The van der Waals surface area contributed by atoms with E-state index in [0.717, 1.165) is 12.1 Å². The fourth-order valence-corrected chi connectivity index (χ4v) is 1.18. The standard InChI is InChI=1S/C9H8FNO3/c1-5-3-8(10)9(11(13)14)4-7(5)6(2)12/h3-4H,1-2H3. The second-order valence-corrected chi connectivity index (χ2v) is 2.93. The van der Waals surface area contributed by atoms with Gasteiger partial charge in [0.15, 0.2) is 5.78 Å². The molecule has 1 rings (SSSR count). The predicted octanol–water partition coefficient (Wildman–Crippen LogP) is 2.24. The van der Waals surface area contributed by atoms with Gasteiger partial charge in [0, 0.05) is 11.6 Å². The molecule has 1 aromatic rings. The van der Waals surface area contributed by atoms with Crippen molar-refractivity contribution < 1.29 is 14.1 Å². The summed E-state index contributed by atoms with van der Waals surface area (Å²) >= 11 is 0. The van der Waals surface area contributed by atoms with E-state index in [9.17, 15) is 19.3 Å². The van der Waals surface area contributed by atoms with E-state index < -0.39 is 16.4 Å². The van der Waals surface area contributed by atoms with Crippen molar-refractivity contribution in [2.45, 2.75) is 13.8 Å². The lowest BCUT2D eigenvalue weighted by Gasteiger charge is -2.01. The number of carbonyl (C=O) groups excluding carboxylic acids is 1. The molecule has 4 nitrogen and oxygen atoms in total. The number of nitro benzene ring substituents is 1. The maximum Gasteiger partial charge on any atom is 0.305 e. The highest BCUT2D eigenvalue weighted by atomic mass is 19.1. The van der Waals surface area contributed by atoms with E-state index in [4.69, 9.17) is 0 Å². The van der Waals surface area contributed by atoms with Crippen LogP contribution in [0, 0.1) is 22.9 Å². The molecular formula is C9H8FNO3. The fourth-order valence-electron chi connectivity index (χ4n) is 1.18. The Kier molecular flexibility index (Phi) is 2.60. The summed E-state index contributed by atoms with van der Waals surface area (Å²) in [6.07, 6.45) is 0. The molecule has 0 unspecified atom stereocenters. The summed E-state index contributed by atoms with van der Waals surface area (Å²) in [6, 6.07) is 1.96. The number of aryl methyl sites for hydroxylation is 1. The van der Waals surface area contributed by atoms with Crippen LogP contribution in [0.25, 0.3) is 0 Å². The van der Waals surface area contributed by atoms with E-state index in [1.165, 1.54) is 13.8 Å². The lowest BCUT2D eigenvalue weighted by Crippen LogP contribution is -2.01. The van der Waals surface area contributed by atoms with Crippen LogP contribution >= 0.6 is 0 Å². The summed E-state index contributed by atoms with van der Waals surface area (Å²) in [6.45, 7) is 2.81. The molecule has 0 aliphatic rings. The Morgan fingerprint density at radius 1 is 1.50 bits per heavy atom. The van der Waals surface area contributed by atoms with Gasteiger partial charge in [0.2, 0.25) is 5.82 Å². The lowest BCUT2D eigenvalue weighted by molar-refractivity contribution is -0.387. The number of benzene rings is 1. The van der Waals surface area contributed by atoms with Gasteiger partial charge in [0.05, 0.1) is 4.92 Å². The summed E-state index contributed by atoms with van der Waals surface area (Å²) in [5.41, 5.74) is -0.0838. The zero-order valence-electron chi connectivity index (χ0n) is 7.70. The topological polar surface area (TPSA) is 60.2 Å². The van der Waals surface area contributed by atoms with Gasteiger partial charge in [-0.15, -0.1) is 0 Å². The number of ketones is 1. The number of halogens is 1. The monoisotopic (exact) mass is 197 g/mol. The van der Waals surface area contributed by atoms with Gasteiger partial charge in [-0.1, -0.05) is 0 Å². The Balaban J connectivity index is 3.42. The van der Waals surface area contributed by atoms with Crippen molar-refractivity contribution in [3.05, 3.63) is 39.2 Å². The van der Waals surface area contributed by atoms with Crippen LogP contribution in [0.3, 0.4) is 0 Å². The molecule has 0 fully saturated rings. The average molecular weight is 197 g/mol. The number of nitro groups is 1. The van der Waals surface area contributed by atoms with E-state index in [-0.39, 0.29) is 11.3 Å². The molecule has 0 aliphatic carbocycles. The molecule has 74 valence electrons. The van der Waals surface area contributed by atoms with Crippen LogP contribution in [0.5, 0.6) is 0 Å². The molecule has 0 bridgehead atoms. The third-order valence-corrected chi connectivity index (χ3v) is 1.87. The molecule has 0 aliphatic heterocycles. The zero-order chi connectivity index (χ0) is 10.9. The van der Waals surface area contributed by atoms with Crippen molar-refractivity contribution in [3.63, 3.8) is 0 Å². The second kappa shape index (κ2) is 3.53. The van der Waals surface area contributed by atoms with E-state index in [2.05, 4.69) is 0 Å². The van der Waals surface area contributed by atoms with Gasteiger partial charge in [0.1, 0.15) is 0 Å². The maximum absolute atomic E-state index is 13.0. The average Bonchev–Trinajstić information content (AvgIpc) is 2.02. The molecule has 0 spiro atoms. The summed E-state index contributed by atoms with van der Waals surface area (Å²) in [7, 11) is 0. The van der Waals surface area contributed by atoms with Crippen LogP contribution in [0.4, 0.5) is 10.1 Å². The molecule has 0 N–H and O–H groups in total. The first-order valence-corrected chi connectivity index (χ1v) is 3.89. The Morgan fingerprint density at radius 3 is 2.50 bits per heavy atom. The smallest absolute Gasteiger partial charge is 0.294 e. The molecule has 14 heavy (non-hydrogen) atoms. The quantitative estimate of drug-likeness (QED) is 0.415. The van der Waals surface area contributed by atoms with E-state index in [1.807, 2.05) is 0 Å². The first kappa shape index (κ1) is 10.3. The van der Waals surface area contributed by atoms with Crippen molar-refractivity contribution in [2.24, 2.45) is 0 Å². The molecule has 0 heterocycles. The van der Waals surface area contributed by atoms with Gasteiger partial charge in [0.25, 0.3) is 0 Å². The van der Waals surface area contributed by atoms with Crippen LogP contribution < -0.4 is 0 Å². The van der Waals surface area contributed by atoms with Gasteiger partial charge in [-0.05, 0) is 25.5 Å². The molecule has 0 saturated carbocycles. The normalized spacial score (nSPS) is 9.93. The fraction of sp³-hybridized carbons (Fsp3) is 0.222. The van der Waals surface area contributed by atoms with Crippen molar-refractivity contribution in [2.75, 3.05) is 0 Å². The van der Waals surface area contributed by atoms with Crippen LogP contribution in [0.2, 0.25) is 0 Å².